The lowest BCUT2D eigenvalue weighted by Crippen LogP contribution is -2.35. The Labute approximate surface area is 85.2 Å². The summed E-state index contributed by atoms with van der Waals surface area (Å²) in [6.45, 7) is 5.97. The molecule has 0 unspecified atom stereocenters. The molecular weight excluding hydrogens is 182 g/mol. The fourth-order valence-electron chi connectivity index (χ4n) is 1.21. The minimum atomic E-state index is 0.201. The van der Waals surface area contributed by atoms with Crippen LogP contribution in [0.5, 0.6) is 0 Å². The molecule has 84 valence electrons. The van der Waals surface area contributed by atoms with Crippen molar-refractivity contribution in [3.05, 3.63) is 0 Å². The number of aliphatic hydroxyl groups is 1. The molecule has 0 aliphatic heterocycles. The first kappa shape index (κ1) is 13.2. The van der Waals surface area contributed by atoms with E-state index in [9.17, 15) is 0 Å². The van der Waals surface area contributed by atoms with E-state index in [0.717, 1.165) is 19.5 Å². The summed E-state index contributed by atoms with van der Waals surface area (Å²) >= 11 is 0. The highest BCUT2D eigenvalue weighted by Gasteiger charge is 2.09. The summed E-state index contributed by atoms with van der Waals surface area (Å²) in [4.78, 5) is 2.19. The van der Waals surface area contributed by atoms with E-state index in [1.165, 1.54) is 0 Å². The fraction of sp³-hybridized carbons (Fsp3) is 0.889. The summed E-state index contributed by atoms with van der Waals surface area (Å²) < 4.78 is 0. The lowest BCUT2D eigenvalue weighted by atomic mass is 10.2. The monoisotopic (exact) mass is 203 g/mol. The second kappa shape index (κ2) is 7.58. The molecule has 5 nitrogen and oxygen atoms in total. The Morgan fingerprint density at radius 2 is 2.07 bits per heavy atom. The van der Waals surface area contributed by atoms with Crippen molar-refractivity contribution in [1.29, 1.82) is 0 Å². The Hall–Kier alpha value is -0.810. The van der Waals surface area contributed by atoms with E-state index in [0.29, 0.717) is 12.5 Å². The zero-order valence-corrected chi connectivity index (χ0v) is 8.98. The first-order valence-corrected chi connectivity index (χ1v) is 4.93. The maximum absolute atomic E-state index is 8.71. The van der Waals surface area contributed by atoms with Crippen LogP contribution >= 0.6 is 0 Å². The molecule has 0 saturated carbocycles. The zero-order chi connectivity index (χ0) is 11.0. The van der Waals surface area contributed by atoms with Crippen molar-refractivity contribution < 1.29 is 10.3 Å². The molecule has 0 aromatic rings. The van der Waals surface area contributed by atoms with Crippen LogP contribution in [0.2, 0.25) is 0 Å². The van der Waals surface area contributed by atoms with Crippen LogP contribution in [0.25, 0.3) is 0 Å². The summed E-state index contributed by atoms with van der Waals surface area (Å²) in [6, 6.07) is 0.410. The predicted octanol–water partition coefficient (Wildman–Crippen LogP) is 0.216. The highest BCUT2D eigenvalue weighted by molar-refractivity contribution is 5.79. The number of amidine groups is 1. The average molecular weight is 203 g/mol. The zero-order valence-electron chi connectivity index (χ0n) is 8.98. The number of hydrogen-bond donors (Lipinski definition) is 3. The molecule has 0 spiro atoms. The maximum Gasteiger partial charge on any atom is 0.140 e. The Kier molecular flexibility index (Phi) is 7.14. The third-order valence-corrected chi connectivity index (χ3v) is 2.12. The van der Waals surface area contributed by atoms with E-state index < -0.39 is 0 Å². The second-order valence-corrected chi connectivity index (χ2v) is 3.55. The topological polar surface area (TPSA) is 82.1 Å². The quantitative estimate of drug-likeness (QED) is 0.239. The van der Waals surface area contributed by atoms with E-state index >= 15 is 0 Å². The molecule has 0 saturated heterocycles. The van der Waals surface area contributed by atoms with Gasteiger partial charge in [0.2, 0.25) is 0 Å². The van der Waals surface area contributed by atoms with Gasteiger partial charge in [-0.15, -0.1) is 0 Å². The minimum Gasteiger partial charge on any atom is -0.409 e. The second-order valence-electron chi connectivity index (χ2n) is 3.55. The number of oxime groups is 1. The maximum atomic E-state index is 8.71. The third-order valence-electron chi connectivity index (χ3n) is 2.12. The van der Waals surface area contributed by atoms with Crippen LogP contribution in [-0.2, 0) is 0 Å². The molecule has 4 N–H and O–H groups in total. The van der Waals surface area contributed by atoms with E-state index in [-0.39, 0.29) is 12.4 Å². The van der Waals surface area contributed by atoms with Crippen LogP contribution in [0, 0.1) is 0 Å². The van der Waals surface area contributed by atoms with E-state index in [2.05, 4.69) is 23.9 Å². The molecule has 0 amide bonds. The molecule has 0 aliphatic rings. The standard InChI is InChI=1S/C9H21N3O2/c1-8(2)12(5-3-7-13)6-4-9(10)11-14/h8,13-14H,3-7H2,1-2H3,(H2,10,11). The van der Waals surface area contributed by atoms with Gasteiger partial charge in [0.15, 0.2) is 0 Å². The van der Waals surface area contributed by atoms with Crippen molar-refractivity contribution in [3.8, 4) is 0 Å². The smallest absolute Gasteiger partial charge is 0.140 e. The van der Waals surface area contributed by atoms with Crippen LogP contribution in [0.15, 0.2) is 5.16 Å². The molecule has 0 aromatic carbocycles. The number of rotatable bonds is 7. The molecule has 0 heterocycles. The molecule has 0 bridgehead atoms. The van der Waals surface area contributed by atoms with E-state index in [1.54, 1.807) is 0 Å². The van der Waals surface area contributed by atoms with Crippen LogP contribution in [0.4, 0.5) is 0 Å². The summed E-state index contributed by atoms with van der Waals surface area (Å²) in [5, 5.41) is 20.0. The molecule has 5 heteroatoms. The highest BCUT2D eigenvalue weighted by atomic mass is 16.4. The molecular formula is C9H21N3O2. The van der Waals surface area contributed by atoms with Gasteiger partial charge in [-0.2, -0.15) is 0 Å². The van der Waals surface area contributed by atoms with E-state index in [1.807, 2.05) is 0 Å². The summed E-state index contributed by atoms with van der Waals surface area (Å²) in [5.74, 6) is 0.250. The normalized spacial score (nSPS) is 12.8. The van der Waals surface area contributed by atoms with Gasteiger partial charge < -0.3 is 20.9 Å². The van der Waals surface area contributed by atoms with Crippen molar-refractivity contribution in [2.24, 2.45) is 10.9 Å². The van der Waals surface area contributed by atoms with Crippen molar-refractivity contribution >= 4 is 5.84 Å². The molecule has 0 aromatic heterocycles. The number of nitrogens with zero attached hydrogens (tertiary/aromatic N) is 2. The Morgan fingerprint density at radius 1 is 1.43 bits per heavy atom. The fourth-order valence-corrected chi connectivity index (χ4v) is 1.21. The number of aliphatic hydroxyl groups excluding tert-OH is 1. The third kappa shape index (κ3) is 5.77. The van der Waals surface area contributed by atoms with Gasteiger partial charge in [0, 0.05) is 32.2 Å². The summed E-state index contributed by atoms with van der Waals surface area (Å²) in [5.41, 5.74) is 5.37. The summed E-state index contributed by atoms with van der Waals surface area (Å²) in [7, 11) is 0. The van der Waals surface area contributed by atoms with Gasteiger partial charge in [-0.25, -0.2) is 0 Å². The van der Waals surface area contributed by atoms with Gasteiger partial charge in [-0.1, -0.05) is 5.16 Å². The van der Waals surface area contributed by atoms with Crippen molar-refractivity contribution in [3.63, 3.8) is 0 Å². The lowest BCUT2D eigenvalue weighted by Gasteiger charge is -2.25. The van der Waals surface area contributed by atoms with Gasteiger partial charge >= 0.3 is 0 Å². The minimum absolute atomic E-state index is 0.201. The molecule has 0 radical (unpaired) electrons. The highest BCUT2D eigenvalue weighted by Crippen LogP contribution is 2.00. The van der Waals surface area contributed by atoms with Gasteiger partial charge in [0.1, 0.15) is 5.84 Å². The van der Waals surface area contributed by atoms with Crippen LogP contribution in [0.3, 0.4) is 0 Å². The van der Waals surface area contributed by atoms with E-state index in [4.69, 9.17) is 16.0 Å². The Balaban J connectivity index is 3.84. The predicted molar refractivity (Wildman–Crippen MR) is 56.4 cm³/mol. The first-order chi connectivity index (χ1) is 6.61. The first-order valence-electron chi connectivity index (χ1n) is 4.93. The molecule has 0 aliphatic carbocycles. The van der Waals surface area contributed by atoms with Gasteiger partial charge in [0.25, 0.3) is 0 Å². The van der Waals surface area contributed by atoms with Gasteiger partial charge in [-0.3, -0.25) is 0 Å². The largest absolute Gasteiger partial charge is 0.409 e. The molecule has 0 fully saturated rings. The molecule has 0 rings (SSSR count). The SMILES string of the molecule is CC(C)N(CCCO)CCC(N)=NO. The van der Waals surface area contributed by atoms with Gasteiger partial charge in [0.05, 0.1) is 0 Å². The molecule has 0 atom stereocenters. The van der Waals surface area contributed by atoms with Crippen molar-refractivity contribution in [2.45, 2.75) is 32.7 Å². The number of nitrogens with two attached hydrogens (primary N) is 1. The average Bonchev–Trinajstić information content (AvgIpc) is 2.16. The van der Waals surface area contributed by atoms with Crippen LogP contribution in [-0.4, -0.2) is 46.8 Å². The number of hydrogen-bond acceptors (Lipinski definition) is 4. The lowest BCUT2D eigenvalue weighted by molar-refractivity contribution is 0.195. The summed E-state index contributed by atoms with van der Waals surface area (Å²) in [6.07, 6.45) is 1.31. The Bertz CT molecular complexity index is 171. The molecule has 14 heavy (non-hydrogen) atoms. The van der Waals surface area contributed by atoms with Crippen molar-refractivity contribution in [1.82, 2.24) is 4.90 Å². The van der Waals surface area contributed by atoms with Gasteiger partial charge in [-0.05, 0) is 20.3 Å². The Morgan fingerprint density at radius 3 is 2.50 bits per heavy atom. The van der Waals surface area contributed by atoms with Crippen LogP contribution < -0.4 is 5.73 Å². The van der Waals surface area contributed by atoms with Crippen molar-refractivity contribution in [2.75, 3.05) is 19.7 Å². The van der Waals surface area contributed by atoms with Crippen LogP contribution in [0.1, 0.15) is 26.7 Å².